The number of aryl methyl sites for hydroxylation is 2. The molecule has 0 aromatic heterocycles. The number of rotatable bonds is 8. The van der Waals surface area contributed by atoms with Crippen molar-refractivity contribution in [2.24, 2.45) is 0 Å². The summed E-state index contributed by atoms with van der Waals surface area (Å²) in [5.74, 6) is 1.57. The van der Waals surface area contributed by atoms with Crippen LogP contribution in [0.4, 0.5) is 0 Å². The van der Waals surface area contributed by atoms with E-state index < -0.39 is 0 Å². The van der Waals surface area contributed by atoms with Gasteiger partial charge in [0.2, 0.25) is 0 Å². The summed E-state index contributed by atoms with van der Waals surface area (Å²) in [5, 5.41) is 3.09. The van der Waals surface area contributed by atoms with Crippen molar-refractivity contribution in [2.45, 2.75) is 31.7 Å². The predicted octanol–water partition coefficient (Wildman–Crippen LogP) is 5.97. The van der Waals surface area contributed by atoms with E-state index >= 15 is 0 Å². The average molecular weight is 406 g/mol. The van der Waals surface area contributed by atoms with E-state index in [4.69, 9.17) is 4.74 Å². The first-order chi connectivity index (χ1) is 14.0. The van der Waals surface area contributed by atoms with Gasteiger partial charge in [0, 0.05) is 16.2 Å². The Bertz CT molecular complexity index is 939. The highest BCUT2D eigenvalue weighted by Crippen LogP contribution is 2.21. The highest BCUT2D eigenvalue weighted by Gasteiger charge is 2.13. The van der Waals surface area contributed by atoms with Crippen LogP contribution in [-0.2, 0) is 0 Å². The lowest BCUT2D eigenvalue weighted by molar-refractivity contribution is 0.0940. The fraction of sp³-hybridized carbons (Fsp3) is 0.240. The van der Waals surface area contributed by atoms with Crippen LogP contribution in [0, 0.1) is 13.8 Å². The van der Waals surface area contributed by atoms with Gasteiger partial charge in [-0.3, -0.25) is 4.79 Å². The highest BCUT2D eigenvalue weighted by atomic mass is 32.2. The van der Waals surface area contributed by atoms with Crippen molar-refractivity contribution < 1.29 is 9.53 Å². The van der Waals surface area contributed by atoms with Gasteiger partial charge in [-0.15, -0.1) is 11.8 Å². The van der Waals surface area contributed by atoms with Crippen molar-refractivity contribution in [1.29, 1.82) is 0 Å². The fourth-order valence-electron chi connectivity index (χ4n) is 3.12. The molecule has 0 radical (unpaired) electrons. The molecule has 0 spiro atoms. The Morgan fingerprint density at radius 1 is 1.00 bits per heavy atom. The normalized spacial score (nSPS) is 11.7. The molecule has 29 heavy (non-hydrogen) atoms. The first kappa shape index (κ1) is 21.0. The second-order valence-corrected chi connectivity index (χ2v) is 8.26. The van der Waals surface area contributed by atoms with Gasteiger partial charge in [0.15, 0.2) is 0 Å². The summed E-state index contributed by atoms with van der Waals surface area (Å²) in [4.78, 5) is 13.8. The lowest BCUT2D eigenvalue weighted by Crippen LogP contribution is -2.27. The third kappa shape index (κ3) is 6.13. The van der Waals surface area contributed by atoms with Crippen LogP contribution in [0.1, 0.15) is 40.0 Å². The summed E-state index contributed by atoms with van der Waals surface area (Å²) in [6.07, 6.45) is 0. The molecule has 1 atom stereocenters. The molecule has 3 nitrogen and oxygen atoms in total. The standard InChI is InChI=1S/C25H27NO2S/c1-18-9-10-19(2)24(17-18)20(3)26-25(27)21-11-13-22(14-12-21)28-15-16-29-23-7-5-4-6-8-23/h4-14,17,20H,15-16H2,1-3H3,(H,26,27)/t20-/m1/s1. The van der Waals surface area contributed by atoms with Crippen molar-refractivity contribution in [3.05, 3.63) is 95.1 Å². The Labute approximate surface area is 177 Å². The Balaban J connectivity index is 1.50. The zero-order chi connectivity index (χ0) is 20.6. The topological polar surface area (TPSA) is 38.3 Å². The van der Waals surface area contributed by atoms with Gasteiger partial charge < -0.3 is 10.1 Å². The van der Waals surface area contributed by atoms with Gasteiger partial charge in [0.05, 0.1) is 12.6 Å². The Hall–Kier alpha value is -2.72. The van der Waals surface area contributed by atoms with E-state index in [2.05, 4.69) is 49.5 Å². The van der Waals surface area contributed by atoms with E-state index in [0.29, 0.717) is 12.2 Å². The molecule has 0 aliphatic carbocycles. The minimum absolute atomic E-state index is 0.0478. The van der Waals surface area contributed by atoms with Crippen molar-refractivity contribution in [2.75, 3.05) is 12.4 Å². The number of thioether (sulfide) groups is 1. The Morgan fingerprint density at radius 2 is 1.72 bits per heavy atom. The molecule has 0 unspecified atom stereocenters. The number of nitrogens with one attached hydrogen (secondary N) is 1. The van der Waals surface area contributed by atoms with Gasteiger partial charge in [-0.1, -0.05) is 42.0 Å². The minimum atomic E-state index is -0.0791. The summed E-state index contributed by atoms with van der Waals surface area (Å²) < 4.78 is 5.79. The monoisotopic (exact) mass is 405 g/mol. The van der Waals surface area contributed by atoms with Crippen molar-refractivity contribution >= 4 is 17.7 Å². The first-order valence-electron chi connectivity index (χ1n) is 9.81. The molecule has 0 aliphatic heterocycles. The number of amides is 1. The zero-order valence-corrected chi connectivity index (χ0v) is 18.0. The second kappa shape index (κ2) is 10.2. The molecule has 3 rings (SSSR count). The molecular weight excluding hydrogens is 378 g/mol. The molecule has 1 N–H and O–H groups in total. The molecule has 0 bridgehead atoms. The van der Waals surface area contributed by atoms with E-state index in [-0.39, 0.29) is 11.9 Å². The molecule has 4 heteroatoms. The van der Waals surface area contributed by atoms with E-state index in [1.54, 1.807) is 11.8 Å². The van der Waals surface area contributed by atoms with Gasteiger partial charge >= 0.3 is 0 Å². The number of hydrogen-bond donors (Lipinski definition) is 1. The molecule has 3 aromatic rings. The summed E-state index contributed by atoms with van der Waals surface area (Å²) in [5.41, 5.74) is 4.15. The van der Waals surface area contributed by atoms with Crippen LogP contribution >= 0.6 is 11.8 Å². The van der Waals surface area contributed by atoms with E-state index in [1.807, 2.05) is 49.4 Å². The summed E-state index contributed by atoms with van der Waals surface area (Å²) in [6.45, 7) is 6.77. The SMILES string of the molecule is Cc1ccc(C)c([C@@H](C)NC(=O)c2ccc(OCCSc3ccccc3)cc2)c1. The molecule has 150 valence electrons. The quantitative estimate of drug-likeness (QED) is 0.371. The van der Waals surface area contributed by atoms with E-state index in [1.165, 1.54) is 16.0 Å². The number of carbonyl (C=O) groups is 1. The van der Waals surface area contributed by atoms with E-state index in [0.717, 1.165) is 17.1 Å². The van der Waals surface area contributed by atoms with Crippen LogP contribution in [-0.4, -0.2) is 18.3 Å². The molecule has 0 saturated heterocycles. The largest absolute Gasteiger partial charge is 0.493 e. The van der Waals surface area contributed by atoms with Crippen LogP contribution in [0.3, 0.4) is 0 Å². The fourth-order valence-corrected chi connectivity index (χ4v) is 3.87. The molecular formula is C25H27NO2S. The molecule has 0 heterocycles. The lowest BCUT2D eigenvalue weighted by Gasteiger charge is -2.17. The maximum Gasteiger partial charge on any atom is 0.251 e. The predicted molar refractivity (Wildman–Crippen MR) is 121 cm³/mol. The molecule has 0 saturated carbocycles. The lowest BCUT2D eigenvalue weighted by atomic mass is 10.00. The van der Waals surface area contributed by atoms with Crippen LogP contribution in [0.25, 0.3) is 0 Å². The van der Waals surface area contributed by atoms with Crippen LogP contribution in [0.2, 0.25) is 0 Å². The van der Waals surface area contributed by atoms with Gasteiger partial charge in [-0.25, -0.2) is 0 Å². The van der Waals surface area contributed by atoms with Gasteiger partial charge in [-0.2, -0.15) is 0 Å². The molecule has 1 amide bonds. The highest BCUT2D eigenvalue weighted by molar-refractivity contribution is 7.99. The first-order valence-corrected chi connectivity index (χ1v) is 10.8. The summed E-state index contributed by atoms with van der Waals surface area (Å²) in [7, 11) is 0. The minimum Gasteiger partial charge on any atom is -0.493 e. The summed E-state index contributed by atoms with van der Waals surface area (Å²) in [6, 6.07) is 23.9. The smallest absolute Gasteiger partial charge is 0.251 e. The van der Waals surface area contributed by atoms with Crippen molar-refractivity contribution in [3.8, 4) is 5.75 Å². The van der Waals surface area contributed by atoms with Crippen LogP contribution in [0.15, 0.2) is 77.7 Å². The molecule has 0 fully saturated rings. The molecule has 3 aromatic carbocycles. The van der Waals surface area contributed by atoms with Gasteiger partial charge in [-0.05, 0) is 68.3 Å². The summed E-state index contributed by atoms with van der Waals surface area (Å²) >= 11 is 1.77. The maximum atomic E-state index is 12.6. The Kier molecular flexibility index (Phi) is 7.36. The molecule has 0 aliphatic rings. The van der Waals surface area contributed by atoms with E-state index in [9.17, 15) is 4.79 Å². The third-order valence-corrected chi connectivity index (χ3v) is 5.71. The maximum absolute atomic E-state index is 12.6. The van der Waals surface area contributed by atoms with Crippen LogP contribution in [0.5, 0.6) is 5.75 Å². The van der Waals surface area contributed by atoms with Crippen molar-refractivity contribution in [1.82, 2.24) is 5.32 Å². The second-order valence-electron chi connectivity index (χ2n) is 7.09. The van der Waals surface area contributed by atoms with Crippen molar-refractivity contribution in [3.63, 3.8) is 0 Å². The number of ether oxygens (including phenoxy) is 1. The number of benzene rings is 3. The number of hydrogen-bond acceptors (Lipinski definition) is 3. The van der Waals surface area contributed by atoms with Crippen LogP contribution < -0.4 is 10.1 Å². The Morgan fingerprint density at radius 3 is 2.45 bits per heavy atom. The van der Waals surface area contributed by atoms with Gasteiger partial charge in [0.25, 0.3) is 5.91 Å². The van der Waals surface area contributed by atoms with Gasteiger partial charge in [0.1, 0.15) is 5.75 Å². The third-order valence-electron chi connectivity index (χ3n) is 4.73. The average Bonchev–Trinajstić information content (AvgIpc) is 2.74. The zero-order valence-electron chi connectivity index (χ0n) is 17.1. The number of carbonyl (C=O) groups excluding carboxylic acids is 1.